The van der Waals surface area contributed by atoms with Crippen LogP contribution in [0.2, 0.25) is 10.0 Å². The van der Waals surface area contributed by atoms with Gasteiger partial charge >= 0.3 is 0 Å². The number of ether oxygens (including phenoxy) is 1. The van der Waals surface area contributed by atoms with Crippen LogP contribution in [0.15, 0.2) is 53.4 Å². The molecule has 7 nitrogen and oxygen atoms in total. The van der Waals surface area contributed by atoms with Crippen molar-refractivity contribution in [1.29, 1.82) is 5.26 Å². The van der Waals surface area contributed by atoms with Gasteiger partial charge in [-0.1, -0.05) is 35.3 Å². The first-order valence-corrected chi connectivity index (χ1v) is 8.94. The maximum Gasteiger partial charge on any atom is 0.294 e. The summed E-state index contributed by atoms with van der Waals surface area (Å²) in [4.78, 5) is 10.9. The number of fused-ring (bicyclic) bond motifs is 2. The topological polar surface area (TPSA) is 114 Å². The van der Waals surface area contributed by atoms with E-state index in [0.29, 0.717) is 22.0 Å². The second-order valence-corrected chi connectivity index (χ2v) is 7.16. The number of hydrogen-bond acceptors (Lipinski definition) is 6. The first-order valence-electron chi connectivity index (χ1n) is 8.19. The molecule has 140 valence electrons. The predicted octanol–water partition coefficient (Wildman–Crippen LogP) is 4.55. The van der Waals surface area contributed by atoms with Crippen molar-refractivity contribution in [3.8, 4) is 6.07 Å². The van der Waals surface area contributed by atoms with Crippen molar-refractivity contribution >= 4 is 40.3 Å². The summed E-state index contributed by atoms with van der Waals surface area (Å²) in [6, 6.07) is 12.0. The van der Waals surface area contributed by atoms with Gasteiger partial charge in [0.25, 0.3) is 5.69 Å². The van der Waals surface area contributed by atoms with Crippen molar-refractivity contribution in [2.45, 2.75) is 5.92 Å². The van der Waals surface area contributed by atoms with Crippen LogP contribution in [0.25, 0.3) is 5.76 Å². The Labute approximate surface area is 169 Å². The number of hydrogen-bond donors (Lipinski definition) is 2. The Morgan fingerprint density at radius 1 is 1.25 bits per heavy atom. The highest BCUT2D eigenvalue weighted by Gasteiger charge is 2.38. The van der Waals surface area contributed by atoms with Crippen LogP contribution in [0, 0.1) is 21.4 Å². The molecule has 2 aromatic carbocycles. The predicted molar refractivity (Wildman–Crippen MR) is 106 cm³/mol. The Morgan fingerprint density at radius 2 is 1.96 bits per heavy atom. The van der Waals surface area contributed by atoms with Gasteiger partial charge in [-0.15, -0.1) is 0 Å². The van der Waals surface area contributed by atoms with Crippen LogP contribution in [0.4, 0.5) is 11.4 Å². The number of anilines is 1. The number of allylic oxidation sites excluding steroid dienone is 1. The number of nitrogens with two attached hydrogens (primary N) is 1. The van der Waals surface area contributed by atoms with Gasteiger partial charge in [-0.3, -0.25) is 10.1 Å². The van der Waals surface area contributed by atoms with Crippen LogP contribution < -0.4 is 11.1 Å². The fourth-order valence-corrected chi connectivity index (χ4v) is 3.85. The van der Waals surface area contributed by atoms with Crippen molar-refractivity contribution in [3.05, 3.63) is 84.7 Å². The number of nitrogens with zero attached hydrogens (tertiary/aromatic N) is 2. The Hall–Kier alpha value is -3.21. The number of nitro groups is 1. The third-order valence-corrected chi connectivity index (χ3v) is 5.18. The molecule has 0 radical (unpaired) electrons. The lowest BCUT2D eigenvalue weighted by Gasteiger charge is -2.33. The molecule has 9 heteroatoms. The molecule has 0 saturated carbocycles. The van der Waals surface area contributed by atoms with Gasteiger partial charge in [0.05, 0.1) is 10.8 Å². The number of nitro benzene ring substituents is 1. The number of nitrogens with one attached hydrogen (secondary N) is 1. The second kappa shape index (κ2) is 6.75. The Bertz CT molecular complexity index is 1120. The summed E-state index contributed by atoms with van der Waals surface area (Å²) in [7, 11) is 0. The molecular weight excluding hydrogens is 403 g/mol. The van der Waals surface area contributed by atoms with Gasteiger partial charge in [-0.05, 0) is 23.8 Å². The van der Waals surface area contributed by atoms with Gasteiger partial charge in [0, 0.05) is 33.8 Å². The molecule has 2 aliphatic rings. The van der Waals surface area contributed by atoms with Crippen LogP contribution in [0.3, 0.4) is 0 Å². The Balaban J connectivity index is 1.95. The van der Waals surface area contributed by atoms with Crippen LogP contribution in [0.5, 0.6) is 0 Å². The molecule has 3 N–H and O–H groups in total. The molecule has 2 aliphatic heterocycles. The molecule has 28 heavy (non-hydrogen) atoms. The van der Waals surface area contributed by atoms with Gasteiger partial charge in [0.15, 0.2) is 0 Å². The zero-order valence-electron chi connectivity index (χ0n) is 14.2. The van der Waals surface area contributed by atoms with Gasteiger partial charge in [0.2, 0.25) is 5.88 Å². The van der Waals surface area contributed by atoms with Crippen molar-refractivity contribution < 1.29 is 9.66 Å². The summed E-state index contributed by atoms with van der Waals surface area (Å²) in [5.41, 5.74) is 8.42. The molecule has 0 spiro atoms. The highest BCUT2D eigenvalue weighted by atomic mass is 35.5. The summed E-state index contributed by atoms with van der Waals surface area (Å²) < 4.78 is 5.75. The van der Waals surface area contributed by atoms with Crippen molar-refractivity contribution in [3.63, 3.8) is 0 Å². The summed E-state index contributed by atoms with van der Waals surface area (Å²) in [6.45, 7) is 0.247. The fraction of sp³-hybridized carbons (Fsp3) is 0.105. The van der Waals surface area contributed by atoms with Gasteiger partial charge < -0.3 is 15.8 Å². The summed E-state index contributed by atoms with van der Waals surface area (Å²) >= 11 is 12.1. The summed E-state index contributed by atoms with van der Waals surface area (Å²) in [5, 5.41) is 24.9. The molecule has 1 unspecified atom stereocenters. The number of halogens is 2. The molecule has 0 amide bonds. The van der Waals surface area contributed by atoms with E-state index in [1.54, 1.807) is 18.2 Å². The second-order valence-electron chi connectivity index (χ2n) is 6.29. The minimum Gasteiger partial charge on any atom is -0.440 e. The van der Waals surface area contributed by atoms with Crippen molar-refractivity contribution in [2.24, 2.45) is 5.73 Å². The minimum atomic E-state index is -0.511. The first-order chi connectivity index (χ1) is 13.4. The Morgan fingerprint density at radius 3 is 2.61 bits per heavy atom. The third-order valence-electron chi connectivity index (χ3n) is 4.71. The van der Waals surface area contributed by atoms with Crippen LogP contribution in [-0.2, 0) is 4.74 Å². The number of benzene rings is 2. The highest BCUT2D eigenvalue weighted by Crippen LogP contribution is 2.48. The van der Waals surface area contributed by atoms with Gasteiger partial charge in [-0.2, -0.15) is 5.26 Å². The largest absolute Gasteiger partial charge is 0.440 e. The lowest BCUT2D eigenvalue weighted by atomic mass is 9.80. The molecule has 1 atom stereocenters. The Kier molecular flexibility index (Phi) is 4.38. The molecule has 0 bridgehead atoms. The van der Waals surface area contributed by atoms with E-state index >= 15 is 0 Å². The normalized spacial score (nSPS) is 17.8. The third kappa shape index (κ3) is 2.83. The molecule has 0 saturated heterocycles. The zero-order chi connectivity index (χ0) is 20.0. The molecular formula is C19H12Cl2N4O3. The van der Waals surface area contributed by atoms with E-state index in [0.717, 1.165) is 11.1 Å². The van der Waals surface area contributed by atoms with Crippen LogP contribution >= 0.6 is 23.2 Å². The smallest absolute Gasteiger partial charge is 0.294 e. The molecule has 4 rings (SSSR count). The summed E-state index contributed by atoms with van der Waals surface area (Å²) in [6.07, 6.45) is 0. The average molecular weight is 415 g/mol. The van der Waals surface area contributed by atoms with E-state index in [1.165, 1.54) is 6.07 Å². The SMILES string of the molecule is N#CC1=C(N)OC2=C(CNc3c2cc(Cl)cc3[N+](=O)[O-])C1c1ccc(Cl)cc1. The minimum absolute atomic E-state index is 0.0447. The molecule has 0 fully saturated rings. The molecule has 2 aromatic rings. The van der Waals surface area contributed by atoms with Crippen LogP contribution in [-0.4, -0.2) is 11.5 Å². The number of nitriles is 1. The monoisotopic (exact) mass is 414 g/mol. The maximum absolute atomic E-state index is 11.4. The van der Waals surface area contributed by atoms with E-state index in [1.807, 2.05) is 12.1 Å². The van der Waals surface area contributed by atoms with Crippen molar-refractivity contribution in [1.82, 2.24) is 0 Å². The van der Waals surface area contributed by atoms with Gasteiger partial charge in [-0.25, -0.2) is 0 Å². The van der Waals surface area contributed by atoms with E-state index in [-0.39, 0.29) is 28.7 Å². The lowest BCUT2D eigenvalue weighted by molar-refractivity contribution is -0.384. The standard InChI is InChI=1S/C19H12Cl2N4O3/c20-10-3-1-9(2-4-10)16-13(7-22)19(23)28-18-12-5-11(21)6-15(25(26)27)17(12)24-8-14(16)18/h1-6,16,24H,8,23H2. The zero-order valence-corrected chi connectivity index (χ0v) is 15.7. The average Bonchev–Trinajstić information content (AvgIpc) is 2.67. The summed E-state index contributed by atoms with van der Waals surface area (Å²) in [5.74, 6) is -0.141. The van der Waals surface area contributed by atoms with Crippen LogP contribution in [0.1, 0.15) is 17.0 Å². The number of rotatable bonds is 2. The fourth-order valence-electron chi connectivity index (χ4n) is 3.52. The quantitative estimate of drug-likeness (QED) is 0.550. The highest BCUT2D eigenvalue weighted by molar-refractivity contribution is 6.31. The lowest BCUT2D eigenvalue weighted by Crippen LogP contribution is -2.27. The maximum atomic E-state index is 11.4. The van der Waals surface area contributed by atoms with E-state index in [9.17, 15) is 15.4 Å². The van der Waals surface area contributed by atoms with E-state index in [2.05, 4.69) is 11.4 Å². The van der Waals surface area contributed by atoms with E-state index in [4.69, 9.17) is 33.7 Å². The molecule has 0 aromatic heterocycles. The molecule has 0 aliphatic carbocycles. The van der Waals surface area contributed by atoms with Crippen molar-refractivity contribution in [2.75, 3.05) is 11.9 Å². The molecule has 2 heterocycles. The van der Waals surface area contributed by atoms with Gasteiger partial charge in [0.1, 0.15) is 23.1 Å². The first kappa shape index (κ1) is 18.2. The van der Waals surface area contributed by atoms with E-state index < -0.39 is 10.8 Å².